The van der Waals surface area contributed by atoms with Crippen LogP contribution in [0.4, 0.5) is 0 Å². The Kier molecular flexibility index (Phi) is 6.29. The Morgan fingerprint density at radius 3 is 3.14 bits per heavy atom. The van der Waals surface area contributed by atoms with Gasteiger partial charge in [0, 0.05) is 13.2 Å². The van der Waals surface area contributed by atoms with Gasteiger partial charge >= 0.3 is 0 Å². The van der Waals surface area contributed by atoms with E-state index in [0.29, 0.717) is 0 Å². The van der Waals surface area contributed by atoms with Gasteiger partial charge in [-0.1, -0.05) is 18.1 Å². The largest absolute Gasteiger partial charge is 0.382 e. The summed E-state index contributed by atoms with van der Waals surface area (Å²) in [4.78, 5) is 0. The molecule has 0 aromatic rings. The van der Waals surface area contributed by atoms with Crippen LogP contribution in [0.15, 0.2) is 11.6 Å². The minimum absolute atomic E-state index is 0.277. The predicted octanol–water partition coefficient (Wildman–Crippen LogP) is 3.91. The van der Waals surface area contributed by atoms with E-state index in [9.17, 15) is 0 Å². The number of ether oxygens (including phenoxy) is 1. The highest BCUT2D eigenvalue weighted by Gasteiger charge is 2.08. The molecule has 2 heteroatoms. The van der Waals surface area contributed by atoms with Crippen LogP contribution in [-0.2, 0) is 4.74 Å². The Morgan fingerprint density at radius 2 is 2.36 bits per heavy atom. The summed E-state index contributed by atoms with van der Waals surface area (Å²) in [5.74, 6) is 0. The van der Waals surface area contributed by atoms with Gasteiger partial charge in [-0.05, 0) is 39.0 Å². The second-order valence-corrected chi connectivity index (χ2v) is 4.45. The second kappa shape index (κ2) is 7.30. The van der Waals surface area contributed by atoms with Gasteiger partial charge in [0.15, 0.2) is 0 Å². The molecule has 82 valence electrons. The van der Waals surface area contributed by atoms with Crippen molar-refractivity contribution in [2.75, 3.05) is 13.2 Å². The van der Waals surface area contributed by atoms with Crippen LogP contribution in [-0.4, -0.2) is 18.6 Å². The van der Waals surface area contributed by atoms with Crippen molar-refractivity contribution < 1.29 is 4.74 Å². The average molecular weight is 217 g/mol. The van der Waals surface area contributed by atoms with Crippen molar-refractivity contribution >= 4 is 11.6 Å². The Labute approximate surface area is 92.5 Å². The van der Waals surface area contributed by atoms with Crippen LogP contribution >= 0.6 is 11.6 Å². The molecule has 0 N–H and O–H groups in total. The molecule has 1 aliphatic rings. The molecule has 0 aliphatic heterocycles. The van der Waals surface area contributed by atoms with Crippen LogP contribution in [0.2, 0.25) is 0 Å². The highest BCUT2D eigenvalue weighted by atomic mass is 35.5. The predicted molar refractivity (Wildman–Crippen MR) is 61.9 cm³/mol. The lowest BCUT2D eigenvalue weighted by atomic mass is 10.1. The zero-order valence-electron chi connectivity index (χ0n) is 9.10. The third-order valence-corrected chi connectivity index (χ3v) is 2.98. The van der Waals surface area contributed by atoms with Crippen molar-refractivity contribution in [2.45, 2.75) is 50.8 Å². The molecule has 1 unspecified atom stereocenters. The van der Waals surface area contributed by atoms with E-state index in [1.807, 2.05) is 6.92 Å². The monoisotopic (exact) mass is 216 g/mol. The Bertz CT molecular complexity index is 177. The average Bonchev–Trinajstić information content (AvgIpc) is 2.38. The molecule has 1 nitrogen and oxygen atoms in total. The molecule has 0 radical (unpaired) electrons. The lowest BCUT2D eigenvalue weighted by Crippen LogP contribution is -1.96. The van der Waals surface area contributed by atoms with Crippen molar-refractivity contribution in [1.82, 2.24) is 0 Å². The van der Waals surface area contributed by atoms with Crippen LogP contribution in [0.25, 0.3) is 0 Å². The highest BCUT2D eigenvalue weighted by Crippen LogP contribution is 2.23. The van der Waals surface area contributed by atoms with Gasteiger partial charge in [0.1, 0.15) is 0 Å². The summed E-state index contributed by atoms with van der Waals surface area (Å²) in [6, 6.07) is 0. The van der Waals surface area contributed by atoms with Gasteiger partial charge in [-0.25, -0.2) is 0 Å². The molecule has 1 aliphatic carbocycles. The smallest absolute Gasteiger partial charge is 0.0518 e. The van der Waals surface area contributed by atoms with Crippen molar-refractivity contribution in [3.8, 4) is 0 Å². The third-order valence-electron chi connectivity index (χ3n) is 2.64. The van der Waals surface area contributed by atoms with Crippen LogP contribution < -0.4 is 0 Å². The standard InChI is InChI=1S/C12H21ClO/c1-2-14-9-5-7-11-6-3-4-8-12(13)10-11/h10,12H,2-9H2,1H3. The number of hydrogen-bond acceptors (Lipinski definition) is 1. The summed E-state index contributed by atoms with van der Waals surface area (Å²) in [5, 5.41) is 0.277. The van der Waals surface area contributed by atoms with E-state index >= 15 is 0 Å². The normalized spacial score (nSPS) is 23.0. The van der Waals surface area contributed by atoms with E-state index in [-0.39, 0.29) is 5.38 Å². The van der Waals surface area contributed by atoms with Crippen LogP contribution in [0.5, 0.6) is 0 Å². The summed E-state index contributed by atoms with van der Waals surface area (Å²) in [6.45, 7) is 3.76. The number of allylic oxidation sites excluding steroid dienone is 2. The molecule has 1 atom stereocenters. The van der Waals surface area contributed by atoms with Crippen LogP contribution in [0, 0.1) is 0 Å². The SMILES string of the molecule is CCOCCCC1=CC(Cl)CCCC1. The fourth-order valence-corrected chi connectivity index (χ4v) is 2.20. The van der Waals surface area contributed by atoms with E-state index in [0.717, 1.165) is 26.1 Å². The Balaban J connectivity index is 2.20. The first-order valence-corrected chi connectivity index (χ1v) is 6.18. The summed E-state index contributed by atoms with van der Waals surface area (Å²) >= 11 is 6.15. The number of alkyl halides is 1. The molecular weight excluding hydrogens is 196 g/mol. The lowest BCUT2D eigenvalue weighted by Gasteiger charge is -2.05. The maximum atomic E-state index is 6.15. The molecule has 0 aromatic carbocycles. The summed E-state index contributed by atoms with van der Waals surface area (Å²) in [5.41, 5.74) is 1.54. The first kappa shape index (κ1) is 12.1. The van der Waals surface area contributed by atoms with E-state index in [4.69, 9.17) is 16.3 Å². The Morgan fingerprint density at radius 1 is 1.50 bits per heavy atom. The number of rotatable bonds is 5. The van der Waals surface area contributed by atoms with Gasteiger partial charge in [-0.2, -0.15) is 0 Å². The van der Waals surface area contributed by atoms with Crippen molar-refractivity contribution in [3.63, 3.8) is 0 Å². The molecule has 0 fully saturated rings. The third kappa shape index (κ3) is 5.02. The summed E-state index contributed by atoms with van der Waals surface area (Å²) in [7, 11) is 0. The van der Waals surface area contributed by atoms with Gasteiger partial charge < -0.3 is 4.74 Å². The second-order valence-electron chi connectivity index (χ2n) is 3.89. The fraction of sp³-hybridized carbons (Fsp3) is 0.833. The molecule has 14 heavy (non-hydrogen) atoms. The maximum Gasteiger partial charge on any atom is 0.0518 e. The van der Waals surface area contributed by atoms with Gasteiger partial charge in [0.05, 0.1) is 5.38 Å². The number of halogens is 1. The fourth-order valence-electron chi connectivity index (χ4n) is 1.87. The van der Waals surface area contributed by atoms with Gasteiger partial charge in [0.2, 0.25) is 0 Å². The maximum absolute atomic E-state index is 6.15. The molecule has 1 rings (SSSR count). The molecule has 0 aromatic heterocycles. The van der Waals surface area contributed by atoms with Crippen molar-refractivity contribution in [1.29, 1.82) is 0 Å². The highest BCUT2D eigenvalue weighted by molar-refractivity contribution is 6.21. The minimum atomic E-state index is 0.277. The molecule has 0 amide bonds. The van der Waals surface area contributed by atoms with Gasteiger partial charge in [-0.3, -0.25) is 0 Å². The molecule has 0 saturated carbocycles. The molecule has 0 bridgehead atoms. The quantitative estimate of drug-likeness (QED) is 0.385. The van der Waals surface area contributed by atoms with E-state index in [1.165, 1.54) is 25.7 Å². The zero-order valence-corrected chi connectivity index (χ0v) is 9.85. The molecule has 0 heterocycles. The van der Waals surface area contributed by atoms with Crippen molar-refractivity contribution in [3.05, 3.63) is 11.6 Å². The van der Waals surface area contributed by atoms with Crippen LogP contribution in [0.1, 0.15) is 45.4 Å². The lowest BCUT2D eigenvalue weighted by molar-refractivity contribution is 0.145. The zero-order chi connectivity index (χ0) is 10.2. The molecule has 0 saturated heterocycles. The van der Waals surface area contributed by atoms with Gasteiger partial charge in [-0.15, -0.1) is 11.6 Å². The van der Waals surface area contributed by atoms with E-state index in [1.54, 1.807) is 5.57 Å². The Hall–Kier alpha value is -0.0100. The van der Waals surface area contributed by atoms with Gasteiger partial charge in [0.25, 0.3) is 0 Å². The molecular formula is C12H21ClO. The van der Waals surface area contributed by atoms with E-state index < -0.39 is 0 Å². The summed E-state index contributed by atoms with van der Waals surface area (Å²) < 4.78 is 5.32. The first-order valence-electron chi connectivity index (χ1n) is 5.74. The first-order chi connectivity index (χ1) is 6.83. The minimum Gasteiger partial charge on any atom is -0.382 e. The van der Waals surface area contributed by atoms with E-state index in [2.05, 4.69) is 6.08 Å². The topological polar surface area (TPSA) is 9.23 Å². The number of hydrogen-bond donors (Lipinski definition) is 0. The summed E-state index contributed by atoms with van der Waals surface area (Å²) in [6.07, 6.45) is 9.56. The van der Waals surface area contributed by atoms with Crippen molar-refractivity contribution in [2.24, 2.45) is 0 Å². The molecule has 0 spiro atoms. The van der Waals surface area contributed by atoms with Crippen LogP contribution in [0.3, 0.4) is 0 Å².